The summed E-state index contributed by atoms with van der Waals surface area (Å²) in [6, 6.07) is 2.18. The van der Waals surface area contributed by atoms with Gasteiger partial charge in [0.1, 0.15) is 17.3 Å². The topological polar surface area (TPSA) is 81.0 Å². The van der Waals surface area contributed by atoms with Gasteiger partial charge in [-0.2, -0.15) is 0 Å². The highest BCUT2D eigenvalue weighted by atomic mass is 79.9. The molecule has 110 valence electrons. The van der Waals surface area contributed by atoms with Crippen molar-refractivity contribution in [2.24, 2.45) is 0 Å². The summed E-state index contributed by atoms with van der Waals surface area (Å²) in [5.41, 5.74) is -1.51. The summed E-state index contributed by atoms with van der Waals surface area (Å²) in [6.07, 6.45) is 0. The van der Waals surface area contributed by atoms with E-state index in [4.69, 9.17) is 0 Å². The second kappa shape index (κ2) is 5.68. The standard InChI is InChI=1S/C12H9BrF2N4O2/c1-5-11(19(20)21)10(18-12(16-2)17-5)8-7(14)4-3-6(13)9(8)15/h3-4H,1-2H3,(H,16,17,18). The molecule has 1 N–H and O–H groups in total. The molecule has 1 heterocycles. The van der Waals surface area contributed by atoms with Crippen LogP contribution in [0.4, 0.5) is 20.4 Å². The molecule has 0 aliphatic rings. The van der Waals surface area contributed by atoms with E-state index >= 15 is 0 Å². The average molecular weight is 359 g/mol. The van der Waals surface area contributed by atoms with Crippen LogP contribution in [-0.4, -0.2) is 21.9 Å². The lowest BCUT2D eigenvalue weighted by Gasteiger charge is -2.09. The highest BCUT2D eigenvalue weighted by Gasteiger charge is 2.28. The van der Waals surface area contributed by atoms with E-state index in [1.54, 1.807) is 0 Å². The summed E-state index contributed by atoms with van der Waals surface area (Å²) >= 11 is 2.92. The number of aromatic nitrogens is 2. The Morgan fingerprint density at radius 2 is 2.00 bits per heavy atom. The number of nitrogens with one attached hydrogen (secondary N) is 1. The molecule has 21 heavy (non-hydrogen) atoms. The van der Waals surface area contributed by atoms with E-state index in [0.29, 0.717) is 0 Å². The minimum absolute atomic E-state index is 0.00752. The van der Waals surface area contributed by atoms with Crippen molar-refractivity contribution in [1.82, 2.24) is 9.97 Å². The van der Waals surface area contributed by atoms with Crippen molar-refractivity contribution >= 4 is 27.6 Å². The number of anilines is 1. The molecule has 0 spiro atoms. The van der Waals surface area contributed by atoms with E-state index < -0.39 is 33.5 Å². The van der Waals surface area contributed by atoms with Crippen molar-refractivity contribution in [1.29, 1.82) is 0 Å². The van der Waals surface area contributed by atoms with Gasteiger partial charge in [-0.25, -0.2) is 18.7 Å². The molecule has 0 fully saturated rings. The van der Waals surface area contributed by atoms with Crippen LogP contribution in [-0.2, 0) is 0 Å². The van der Waals surface area contributed by atoms with Crippen LogP contribution in [0, 0.1) is 28.7 Å². The van der Waals surface area contributed by atoms with Gasteiger partial charge in [-0.15, -0.1) is 0 Å². The summed E-state index contributed by atoms with van der Waals surface area (Å²) in [5.74, 6) is -1.87. The van der Waals surface area contributed by atoms with Gasteiger partial charge in [0.05, 0.1) is 15.0 Å². The Balaban J connectivity index is 2.89. The molecule has 1 aromatic carbocycles. The van der Waals surface area contributed by atoms with Gasteiger partial charge in [-0.05, 0) is 35.0 Å². The third-order valence-electron chi connectivity index (χ3n) is 2.75. The fourth-order valence-electron chi connectivity index (χ4n) is 1.82. The second-order valence-electron chi connectivity index (χ2n) is 4.06. The zero-order valence-corrected chi connectivity index (χ0v) is 12.5. The van der Waals surface area contributed by atoms with Crippen LogP contribution in [0.15, 0.2) is 16.6 Å². The molecule has 0 unspecified atom stereocenters. The zero-order valence-electron chi connectivity index (χ0n) is 10.9. The van der Waals surface area contributed by atoms with Gasteiger partial charge in [0.15, 0.2) is 5.69 Å². The van der Waals surface area contributed by atoms with Gasteiger partial charge < -0.3 is 5.32 Å². The first-order chi connectivity index (χ1) is 9.86. The Labute approximate surface area is 126 Å². The highest BCUT2D eigenvalue weighted by Crippen LogP contribution is 2.36. The quantitative estimate of drug-likeness (QED) is 0.516. The normalized spacial score (nSPS) is 10.5. The first kappa shape index (κ1) is 15.2. The Hall–Kier alpha value is -2.16. The fourth-order valence-corrected chi connectivity index (χ4v) is 2.15. The summed E-state index contributed by atoms with van der Waals surface area (Å²) in [7, 11) is 1.50. The van der Waals surface area contributed by atoms with Crippen LogP contribution in [0.1, 0.15) is 5.69 Å². The molecule has 0 aliphatic carbocycles. The monoisotopic (exact) mass is 358 g/mol. The summed E-state index contributed by atoms with van der Waals surface area (Å²) < 4.78 is 28.1. The Morgan fingerprint density at radius 1 is 1.33 bits per heavy atom. The van der Waals surface area contributed by atoms with E-state index in [1.165, 1.54) is 20.0 Å². The largest absolute Gasteiger partial charge is 0.357 e. The first-order valence-corrected chi connectivity index (χ1v) is 6.50. The van der Waals surface area contributed by atoms with Crippen molar-refractivity contribution < 1.29 is 13.7 Å². The number of rotatable bonds is 3. The molecule has 0 saturated heterocycles. The van der Waals surface area contributed by atoms with E-state index in [-0.39, 0.29) is 16.1 Å². The molecular formula is C12H9BrF2N4O2. The molecule has 0 saturated carbocycles. The molecule has 0 bridgehead atoms. The molecule has 6 nitrogen and oxygen atoms in total. The predicted molar refractivity (Wildman–Crippen MR) is 76.0 cm³/mol. The van der Waals surface area contributed by atoms with E-state index in [0.717, 1.165) is 6.07 Å². The molecule has 2 aromatic rings. The van der Waals surface area contributed by atoms with Crippen molar-refractivity contribution in [3.05, 3.63) is 44.0 Å². The minimum Gasteiger partial charge on any atom is -0.357 e. The van der Waals surface area contributed by atoms with Crippen LogP contribution in [0.2, 0.25) is 0 Å². The van der Waals surface area contributed by atoms with Crippen molar-refractivity contribution in [2.75, 3.05) is 12.4 Å². The molecule has 2 rings (SSSR count). The van der Waals surface area contributed by atoms with Crippen LogP contribution in [0.5, 0.6) is 0 Å². The lowest BCUT2D eigenvalue weighted by Crippen LogP contribution is -2.07. The summed E-state index contributed by atoms with van der Waals surface area (Å²) in [5, 5.41) is 13.8. The van der Waals surface area contributed by atoms with Gasteiger partial charge in [0.25, 0.3) is 0 Å². The van der Waals surface area contributed by atoms with E-state index in [1.807, 2.05) is 0 Å². The SMILES string of the molecule is CNc1nc(C)c([N+](=O)[O-])c(-c2c(F)ccc(Br)c2F)n1. The molecule has 0 aliphatic heterocycles. The van der Waals surface area contributed by atoms with E-state index in [2.05, 4.69) is 31.2 Å². The zero-order chi connectivity index (χ0) is 15.7. The average Bonchev–Trinajstić information content (AvgIpc) is 2.42. The highest BCUT2D eigenvalue weighted by molar-refractivity contribution is 9.10. The maximum absolute atomic E-state index is 14.2. The van der Waals surface area contributed by atoms with Gasteiger partial charge in [0.2, 0.25) is 5.95 Å². The number of halogens is 3. The third-order valence-corrected chi connectivity index (χ3v) is 3.36. The lowest BCUT2D eigenvalue weighted by molar-refractivity contribution is -0.385. The number of hydrogen-bond acceptors (Lipinski definition) is 5. The van der Waals surface area contributed by atoms with Crippen molar-refractivity contribution in [2.45, 2.75) is 6.92 Å². The maximum atomic E-state index is 14.2. The Morgan fingerprint density at radius 3 is 2.57 bits per heavy atom. The number of benzene rings is 1. The first-order valence-electron chi connectivity index (χ1n) is 5.71. The lowest BCUT2D eigenvalue weighted by atomic mass is 10.1. The van der Waals surface area contributed by atoms with Crippen LogP contribution in [0.25, 0.3) is 11.3 Å². The smallest absolute Gasteiger partial charge is 0.316 e. The number of nitro groups is 1. The summed E-state index contributed by atoms with van der Waals surface area (Å²) in [4.78, 5) is 18.1. The van der Waals surface area contributed by atoms with Crippen LogP contribution < -0.4 is 5.32 Å². The van der Waals surface area contributed by atoms with Gasteiger partial charge in [-0.3, -0.25) is 10.1 Å². The number of nitrogens with zero attached hydrogens (tertiary/aromatic N) is 3. The molecule has 0 radical (unpaired) electrons. The maximum Gasteiger partial charge on any atom is 0.316 e. The number of hydrogen-bond donors (Lipinski definition) is 1. The van der Waals surface area contributed by atoms with Gasteiger partial charge >= 0.3 is 5.69 Å². The second-order valence-corrected chi connectivity index (χ2v) is 4.91. The van der Waals surface area contributed by atoms with Crippen molar-refractivity contribution in [3.8, 4) is 11.3 Å². The fraction of sp³-hybridized carbons (Fsp3) is 0.167. The molecule has 0 amide bonds. The van der Waals surface area contributed by atoms with Gasteiger partial charge in [-0.1, -0.05) is 0 Å². The molecular weight excluding hydrogens is 350 g/mol. The molecule has 0 atom stereocenters. The van der Waals surface area contributed by atoms with Gasteiger partial charge in [0, 0.05) is 7.05 Å². The van der Waals surface area contributed by atoms with Crippen molar-refractivity contribution in [3.63, 3.8) is 0 Å². The summed E-state index contributed by atoms with van der Waals surface area (Å²) in [6.45, 7) is 1.37. The Kier molecular flexibility index (Phi) is 4.12. The Bertz CT molecular complexity index is 740. The van der Waals surface area contributed by atoms with E-state index in [9.17, 15) is 18.9 Å². The predicted octanol–water partition coefficient (Wildman–Crippen LogP) is 3.44. The molecule has 1 aromatic heterocycles. The number of aryl methyl sites for hydroxylation is 1. The van der Waals surface area contributed by atoms with Crippen LogP contribution >= 0.6 is 15.9 Å². The van der Waals surface area contributed by atoms with Crippen LogP contribution in [0.3, 0.4) is 0 Å². The minimum atomic E-state index is -0.960. The molecule has 9 heteroatoms. The third kappa shape index (κ3) is 2.68.